The second kappa shape index (κ2) is 11.3. The van der Waals surface area contributed by atoms with Crippen molar-refractivity contribution in [3.8, 4) is 22.6 Å². The number of likely N-dealkylation sites (N-methyl/N-ethyl adjacent to an activating group) is 1. The number of aliphatic hydroxyl groups is 3. The van der Waals surface area contributed by atoms with Gasteiger partial charge in [0.2, 0.25) is 5.78 Å². The number of primary amides is 1. The number of ether oxygens (including phenoxy) is 1. The van der Waals surface area contributed by atoms with E-state index >= 15 is 0 Å². The van der Waals surface area contributed by atoms with Crippen LogP contribution in [-0.2, 0) is 27.3 Å². The van der Waals surface area contributed by atoms with Crippen molar-refractivity contribution in [3.05, 3.63) is 63.9 Å². The lowest BCUT2D eigenvalue weighted by Gasteiger charge is -2.50. The number of aromatic hydroxyl groups is 1. The van der Waals surface area contributed by atoms with Crippen LogP contribution < -0.4 is 15.8 Å². The first kappa shape index (κ1) is 30.8. The number of carbonyl (C=O) groups excluding carboxylic acids is 3. The highest BCUT2D eigenvalue weighted by atomic mass is 16.5. The molecule has 2 fully saturated rings. The Hall–Kier alpha value is -4.23. The second-order valence-corrected chi connectivity index (χ2v) is 12.5. The van der Waals surface area contributed by atoms with Gasteiger partial charge in [-0.1, -0.05) is 12.1 Å². The second-order valence-electron chi connectivity index (χ2n) is 12.5. The number of carbonyl (C=O) groups is 3. The Bertz CT molecular complexity index is 1670. The summed E-state index contributed by atoms with van der Waals surface area (Å²) in [5.41, 5.74) is 4.84. The summed E-state index contributed by atoms with van der Waals surface area (Å²) in [5, 5.41) is 48.9. The number of amides is 1. The van der Waals surface area contributed by atoms with E-state index < -0.39 is 58.0 Å². The number of hydrogen-bond acceptors (Lipinski definition) is 11. The van der Waals surface area contributed by atoms with E-state index in [1.54, 1.807) is 27.3 Å². The highest BCUT2D eigenvalue weighted by Crippen LogP contribution is 2.54. The van der Waals surface area contributed by atoms with Gasteiger partial charge in [-0.15, -0.1) is 0 Å². The van der Waals surface area contributed by atoms with Crippen LogP contribution in [0.3, 0.4) is 0 Å². The molecule has 1 amide bonds. The van der Waals surface area contributed by atoms with Gasteiger partial charge in [-0.2, -0.15) is 0 Å². The molecule has 7 N–H and O–H groups in total. The van der Waals surface area contributed by atoms with Gasteiger partial charge in [-0.25, -0.2) is 0 Å². The number of rotatable bonds is 6. The monoisotopic (exact) mass is 618 g/mol. The number of piperazine rings is 1. The lowest BCUT2D eigenvalue weighted by molar-refractivity contribution is -0.153. The van der Waals surface area contributed by atoms with Gasteiger partial charge in [0.15, 0.2) is 11.4 Å². The van der Waals surface area contributed by atoms with Gasteiger partial charge in [-0.3, -0.25) is 24.2 Å². The number of aliphatic hydroxyl groups excluding tert-OH is 2. The Labute approximate surface area is 260 Å². The summed E-state index contributed by atoms with van der Waals surface area (Å²) in [6.07, 6.45) is 0.199. The maximum Gasteiger partial charge on any atom is 0.255 e. The summed E-state index contributed by atoms with van der Waals surface area (Å²) in [7, 11) is 4.71. The number of ketones is 2. The number of hydrogen-bond donors (Lipinski definition) is 6. The smallest absolute Gasteiger partial charge is 0.255 e. The fourth-order valence-corrected chi connectivity index (χ4v) is 7.69. The minimum Gasteiger partial charge on any atom is -0.508 e. The number of Topliss-reactive ketones (excluding diaryl/α,β-unsaturated/α-hetero) is 2. The summed E-state index contributed by atoms with van der Waals surface area (Å²) in [4.78, 5) is 43.6. The number of nitrogens with two attached hydrogens (primary N) is 1. The van der Waals surface area contributed by atoms with Crippen LogP contribution in [0.1, 0.15) is 23.1 Å². The molecule has 4 atom stereocenters. The molecule has 238 valence electrons. The molecule has 1 saturated carbocycles. The molecule has 1 aliphatic heterocycles. The van der Waals surface area contributed by atoms with Crippen LogP contribution >= 0.6 is 0 Å². The number of fused-ring (bicyclic) bond motifs is 3. The van der Waals surface area contributed by atoms with Crippen molar-refractivity contribution >= 4 is 23.2 Å². The molecule has 1 heterocycles. The number of nitrogens with one attached hydrogen (secondary N) is 1. The first-order valence-electron chi connectivity index (χ1n) is 15.0. The predicted molar refractivity (Wildman–Crippen MR) is 164 cm³/mol. The van der Waals surface area contributed by atoms with Crippen LogP contribution in [0.25, 0.3) is 16.9 Å². The number of phenolic OH excluding ortho intramolecular Hbond substituents is 1. The average molecular weight is 619 g/mol. The van der Waals surface area contributed by atoms with Crippen LogP contribution in [0.15, 0.2) is 47.2 Å². The zero-order valence-electron chi connectivity index (χ0n) is 25.5. The van der Waals surface area contributed by atoms with Gasteiger partial charge in [0.1, 0.15) is 28.6 Å². The Morgan fingerprint density at radius 3 is 2.47 bits per heavy atom. The molecule has 0 bridgehead atoms. The Kier molecular flexibility index (Phi) is 7.72. The molecule has 0 unspecified atom stereocenters. The Morgan fingerprint density at radius 1 is 1.11 bits per heavy atom. The largest absolute Gasteiger partial charge is 0.508 e. The van der Waals surface area contributed by atoms with Crippen LogP contribution in [0.2, 0.25) is 0 Å². The van der Waals surface area contributed by atoms with Crippen molar-refractivity contribution in [3.63, 3.8) is 0 Å². The average Bonchev–Trinajstić information content (AvgIpc) is 2.99. The van der Waals surface area contributed by atoms with Crippen LogP contribution in [0.4, 0.5) is 0 Å². The van der Waals surface area contributed by atoms with E-state index in [0.717, 1.165) is 43.9 Å². The highest BCUT2D eigenvalue weighted by Gasteiger charge is 2.64. The number of methoxy groups -OCH3 is 1. The Balaban J connectivity index is 1.49. The van der Waals surface area contributed by atoms with E-state index in [4.69, 9.17) is 10.5 Å². The van der Waals surface area contributed by atoms with Crippen LogP contribution in [-0.4, -0.2) is 107 Å². The number of phenols is 1. The summed E-state index contributed by atoms with van der Waals surface area (Å²) in [5.74, 6) is -6.23. The predicted octanol–water partition coefficient (Wildman–Crippen LogP) is 1.04. The summed E-state index contributed by atoms with van der Waals surface area (Å²) < 4.78 is 5.73. The first-order valence-corrected chi connectivity index (χ1v) is 15.0. The van der Waals surface area contributed by atoms with Gasteiger partial charge in [-0.05, 0) is 67.7 Å². The van der Waals surface area contributed by atoms with E-state index in [1.165, 1.54) is 11.0 Å². The fourth-order valence-electron chi connectivity index (χ4n) is 7.69. The third-order valence-electron chi connectivity index (χ3n) is 9.77. The van der Waals surface area contributed by atoms with Crippen LogP contribution in [0.5, 0.6) is 11.5 Å². The molecule has 0 radical (unpaired) electrons. The molecule has 12 heteroatoms. The summed E-state index contributed by atoms with van der Waals surface area (Å²) in [6.45, 7) is 4.40. The molecule has 2 aromatic carbocycles. The van der Waals surface area contributed by atoms with E-state index in [1.807, 2.05) is 18.2 Å². The van der Waals surface area contributed by atoms with Crippen molar-refractivity contribution < 1.29 is 39.5 Å². The van der Waals surface area contributed by atoms with Crippen LogP contribution in [0, 0.1) is 11.8 Å². The number of nitrogens with zero attached hydrogens (tertiary/aromatic N) is 2. The minimum absolute atomic E-state index is 0.0149. The summed E-state index contributed by atoms with van der Waals surface area (Å²) in [6, 6.07) is 7.97. The quantitative estimate of drug-likeness (QED) is 0.254. The fraction of sp³-hybridized carbons (Fsp3) is 0.424. The third-order valence-corrected chi connectivity index (χ3v) is 9.77. The lowest BCUT2D eigenvalue weighted by Crippen LogP contribution is -2.65. The van der Waals surface area contributed by atoms with Crippen molar-refractivity contribution in [2.75, 3.05) is 47.4 Å². The van der Waals surface area contributed by atoms with Crippen molar-refractivity contribution in [2.45, 2.75) is 31.0 Å². The van der Waals surface area contributed by atoms with Crippen molar-refractivity contribution in [2.24, 2.45) is 17.6 Å². The molecular formula is C33H38N4O8. The molecule has 2 aromatic rings. The molecule has 3 aliphatic carbocycles. The van der Waals surface area contributed by atoms with Gasteiger partial charge in [0.25, 0.3) is 5.91 Å². The van der Waals surface area contributed by atoms with E-state index in [2.05, 4.69) is 10.2 Å². The van der Waals surface area contributed by atoms with E-state index in [-0.39, 0.29) is 29.7 Å². The van der Waals surface area contributed by atoms with Gasteiger partial charge in [0.05, 0.1) is 18.7 Å². The first-order chi connectivity index (χ1) is 21.4. The standard InChI is InChI=1S/C33H38N4O8/c1-36(2)27-21-14-17-13-20-18(19-12-16(4-7-23(19)45-3)15-37-10-8-35-9-11-37)5-6-22(38)25(20)28(39)24(17)30(41)33(21,44)31(42)26(29(27)40)32(34)43/h4-7,12,17,21,27,35,38-39,42,44H,8-11,13-15H2,1-3H3,(H2,34,43)/t17-,21-,27-,33-/m0/s1. The van der Waals surface area contributed by atoms with Crippen molar-refractivity contribution in [1.29, 1.82) is 0 Å². The van der Waals surface area contributed by atoms with Gasteiger partial charge in [0, 0.05) is 49.8 Å². The normalized spacial score (nSPS) is 26.9. The zero-order chi connectivity index (χ0) is 32.4. The molecule has 4 aliphatic rings. The van der Waals surface area contributed by atoms with Crippen molar-refractivity contribution in [1.82, 2.24) is 15.1 Å². The molecule has 0 aromatic heterocycles. The minimum atomic E-state index is -2.68. The molecule has 45 heavy (non-hydrogen) atoms. The summed E-state index contributed by atoms with van der Waals surface area (Å²) >= 11 is 0. The molecule has 0 spiro atoms. The van der Waals surface area contributed by atoms with Gasteiger partial charge >= 0.3 is 0 Å². The Morgan fingerprint density at radius 2 is 1.82 bits per heavy atom. The SMILES string of the molecule is COc1ccc(CN2CCNCC2)cc1-c1ccc(O)c2c1C[C@H]1C[C@H]3[C@H](N(C)C)C(=O)C(C(N)=O)=C(O)[C@@]3(O)C(=O)C1=C2O. The maximum absolute atomic E-state index is 14.1. The van der Waals surface area contributed by atoms with Gasteiger partial charge < -0.3 is 36.2 Å². The lowest BCUT2D eigenvalue weighted by atomic mass is 9.57. The molecule has 1 saturated heterocycles. The zero-order valence-corrected chi connectivity index (χ0v) is 25.5. The highest BCUT2D eigenvalue weighted by molar-refractivity contribution is 6.24. The molecule has 6 rings (SSSR count). The third kappa shape index (κ3) is 4.71. The number of benzene rings is 2. The topological polar surface area (TPSA) is 186 Å². The maximum atomic E-state index is 14.1. The molecule has 12 nitrogen and oxygen atoms in total. The van der Waals surface area contributed by atoms with E-state index in [9.17, 15) is 34.8 Å². The molecular weight excluding hydrogens is 580 g/mol. The van der Waals surface area contributed by atoms with E-state index in [0.29, 0.717) is 16.9 Å².